The Kier molecular flexibility index (Phi) is 4.57. The van der Waals surface area contributed by atoms with E-state index < -0.39 is 22.1 Å². The Morgan fingerprint density at radius 1 is 1.00 bits per heavy atom. The van der Waals surface area contributed by atoms with Gasteiger partial charge in [-0.1, -0.05) is 12.1 Å². The van der Waals surface area contributed by atoms with Crippen LogP contribution in [0.4, 0.5) is 24.5 Å². The Balaban J connectivity index is 2.08. The summed E-state index contributed by atoms with van der Waals surface area (Å²) in [4.78, 5) is 0. The number of nitrogens with one attached hydrogen (secondary N) is 1. The van der Waals surface area contributed by atoms with Crippen LogP contribution in [-0.4, -0.2) is 18.2 Å². The average Bonchev–Trinajstić information content (AvgIpc) is 3.00. The Labute approximate surface area is 152 Å². The van der Waals surface area contributed by atoms with E-state index in [1.807, 2.05) is 0 Å². The first-order valence-corrected chi connectivity index (χ1v) is 9.02. The number of halogens is 3. The maximum Gasteiger partial charge on any atom is 0.435 e. The van der Waals surface area contributed by atoms with Crippen LogP contribution < -0.4 is 15.6 Å². The fourth-order valence-electron chi connectivity index (χ4n) is 2.41. The van der Waals surface area contributed by atoms with Crippen molar-refractivity contribution in [3.63, 3.8) is 0 Å². The van der Waals surface area contributed by atoms with Gasteiger partial charge in [-0.15, -0.1) is 0 Å². The molecule has 3 rings (SSSR count). The SMILES string of the molecule is Nc1ccc(-c2cc(C(F)(F)F)nn2-c2ccc(NS(N)(=O)=O)cc2)cc1. The van der Waals surface area contributed by atoms with Crippen molar-refractivity contribution in [1.29, 1.82) is 0 Å². The fraction of sp³-hybridized carbons (Fsp3) is 0.0625. The molecule has 0 aliphatic rings. The first kappa shape index (κ1) is 18.7. The summed E-state index contributed by atoms with van der Waals surface area (Å²) in [6.45, 7) is 0. The van der Waals surface area contributed by atoms with Gasteiger partial charge in [-0.3, -0.25) is 4.72 Å². The van der Waals surface area contributed by atoms with Crippen molar-refractivity contribution in [2.75, 3.05) is 10.5 Å². The summed E-state index contributed by atoms with van der Waals surface area (Å²) in [5.41, 5.74) is 6.20. The molecule has 0 saturated carbocycles. The highest BCUT2D eigenvalue weighted by Gasteiger charge is 2.35. The molecule has 142 valence electrons. The van der Waals surface area contributed by atoms with E-state index in [9.17, 15) is 21.6 Å². The van der Waals surface area contributed by atoms with Gasteiger partial charge in [0.25, 0.3) is 10.2 Å². The molecule has 0 spiro atoms. The van der Waals surface area contributed by atoms with Crippen LogP contribution in [0.15, 0.2) is 54.6 Å². The lowest BCUT2D eigenvalue weighted by Gasteiger charge is -2.09. The molecule has 1 heterocycles. The van der Waals surface area contributed by atoms with E-state index in [0.29, 0.717) is 16.9 Å². The molecule has 2 aromatic carbocycles. The molecule has 0 aliphatic heterocycles. The maximum atomic E-state index is 13.1. The number of alkyl halides is 3. The summed E-state index contributed by atoms with van der Waals surface area (Å²) in [5, 5.41) is 8.54. The largest absolute Gasteiger partial charge is 0.435 e. The van der Waals surface area contributed by atoms with E-state index in [-0.39, 0.29) is 11.4 Å². The number of benzene rings is 2. The van der Waals surface area contributed by atoms with Gasteiger partial charge in [-0.2, -0.15) is 26.7 Å². The van der Waals surface area contributed by atoms with Crippen LogP contribution in [0, 0.1) is 0 Å². The quantitative estimate of drug-likeness (QED) is 0.587. The molecule has 7 nitrogen and oxygen atoms in total. The van der Waals surface area contributed by atoms with Crippen molar-refractivity contribution >= 4 is 21.6 Å². The van der Waals surface area contributed by atoms with E-state index in [2.05, 4.69) is 9.82 Å². The smallest absolute Gasteiger partial charge is 0.399 e. The van der Waals surface area contributed by atoms with Crippen LogP contribution in [0.3, 0.4) is 0 Å². The number of aromatic nitrogens is 2. The van der Waals surface area contributed by atoms with Crippen LogP contribution >= 0.6 is 0 Å². The van der Waals surface area contributed by atoms with Gasteiger partial charge in [0.15, 0.2) is 5.69 Å². The highest BCUT2D eigenvalue weighted by atomic mass is 32.2. The van der Waals surface area contributed by atoms with Gasteiger partial charge in [-0.25, -0.2) is 9.82 Å². The molecule has 0 fully saturated rings. The maximum absolute atomic E-state index is 13.1. The summed E-state index contributed by atoms with van der Waals surface area (Å²) >= 11 is 0. The van der Waals surface area contributed by atoms with E-state index in [1.165, 1.54) is 24.3 Å². The van der Waals surface area contributed by atoms with Crippen LogP contribution in [0.25, 0.3) is 16.9 Å². The van der Waals surface area contributed by atoms with Crippen molar-refractivity contribution in [3.8, 4) is 16.9 Å². The van der Waals surface area contributed by atoms with Crippen molar-refractivity contribution in [2.45, 2.75) is 6.18 Å². The predicted octanol–water partition coefficient (Wildman–Crippen LogP) is 2.76. The van der Waals surface area contributed by atoms with Gasteiger partial charge in [-0.05, 0) is 42.5 Å². The van der Waals surface area contributed by atoms with Crippen LogP contribution in [0.1, 0.15) is 5.69 Å². The zero-order chi connectivity index (χ0) is 19.8. The topological polar surface area (TPSA) is 116 Å². The molecule has 11 heteroatoms. The minimum absolute atomic E-state index is 0.165. The van der Waals surface area contributed by atoms with Gasteiger partial charge in [0.2, 0.25) is 0 Å². The Morgan fingerprint density at radius 3 is 2.11 bits per heavy atom. The van der Waals surface area contributed by atoms with Crippen molar-refractivity contribution in [2.24, 2.45) is 5.14 Å². The molecule has 0 bridgehead atoms. The molecule has 0 unspecified atom stereocenters. The number of nitrogens with zero attached hydrogens (tertiary/aromatic N) is 2. The number of anilines is 2. The zero-order valence-corrected chi connectivity index (χ0v) is 14.4. The normalized spacial score (nSPS) is 12.1. The number of hydrogen-bond acceptors (Lipinski definition) is 4. The number of nitrogen functional groups attached to an aromatic ring is 1. The van der Waals surface area contributed by atoms with Crippen molar-refractivity contribution in [3.05, 3.63) is 60.3 Å². The highest BCUT2D eigenvalue weighted by Crippen LogP contribution is 2.33. The molecule has 0 saturated heterocycles. The lowest BCUT2D eigenvalue weighted by molar-refractivity contribution is -0.141. The van der Waals surface area contributed by atoms with Gasteiger partial charge in [0, 0.05) is 16.9 Å². The van der Waals surface area contributed by atoms with Crippen molar-refractivity contribution in [1.82, 2.24) is 9.78 Å². The molecule has 5 N–H and O–H groups in total. The molecule has 0 aliphatic carbocycles. The van der Waals surface area contributed by atoms with Crippen LogP contribution in [-0.2, 0) is 16.4 Å². The average molecular weight is 397 g/mol. The molecule has 0 atom stereocenters. The van der Waals surface area contributed by atoms with E-state index in [0.717, 1.165) is 10.7 Å². The first-order chi connectivity index (χ1) is 12.5. The third kappa shape index (κ3) is 4.38. The second-order valence-electron chi connectivity index (χ2n) is 5.64. The van der Waals surface area contributed by atoms with Crippen LogP contribution in [0.5, 0.6) is 0 Å². The van der Waals surface area contributed by atoms with Gasteiger partial charge in [0.1, 0.15) is 0 Å². The summed E-state index contributed by atoms with van der Waals surface area (Å²) in [6, 6.07) is 12.8. The Bertz CT molecular complexity index is 1060. The molecule has 3 aromatic rings. The Morgan fingerprint density at radius 2 is 1.59 bits per heavy atom. The molecule has 27 heavy (non-hydrogen) atoms. The lowest BCUT2D eigenvalue weighted by atomic mass is 10.1. The van der Waals surface area contributed by atoms with Gasteiger partial charge >= 0.3 is 6.18 Å². The predicted molar refractivity (Wildman–Crippen MR) is 95.1 cm³/mol. The number of nitrogens with two attached hydrogens (primary N) is 2. The van der Waals surface area contributed by atoms with Gasteiger partial charge < -0.3 is 5.73 Å². The third-order valence-corrected chi connectivity index (χ3v) is 4.10. The fourth-order valence-corrected chi connectivity index (χ4v) is 2.88. The third-order valence-electron chi connectivity index (χ3n) is 3.58. The second kappa shape index (κ2) is 6.59. The van der Waals surface area contributed by atoms with E-state index >= 15 is 0 Å². The van der Waals surface area contributed by atoms with Gasteiger partial charge in [0.05, 0.1) is 11.4 Å². The number of hydrogen-bond donors (Lipinski definition) is 3. The monoisotopic (exact) mass is 397 g/mol. The summed E-state index contributed by atoms with van der Waals surface area (Å²) in [6.07, 6.45) is -4.62. The van der Waals surface area contributed by atoms with Crippen LogP contribution in [0.2, 0.25) is 0 Å². The minimum Gasteiger partial charge on any atom is -0.399 e. The highest BCUT2D eigenvalue weighted by molar-refractivity contribution is 7.90. The molecular formula is C16H14F3N5O2S. The minimum atomic E-state index is -4.62. The molecule has 0 radical (unpaired) electrons. The molecular weight excluding hydrogens is 383 g/mol. The molecule has 0 amide bonds. The molecule has 1 aromatic heterocycles. The van der Waals surface area contributed by atoms with E-state index in [1.54, 1.807) is 24.3 Å². The number of rotatable bonds is 4. The Hall–Kier alpha value is -3.05. The van der Waals surface area contributed by atoms with E-state index in [4.69, 9.17) is 10.9 Å². The van der Waals surface area contributed by atoms with Crippen molar-refractivity contribution < 1.29 is 21.6 Å². The first-order valence-electron chi connectivity index (χ1n) is 7.47. The lowest BCUT2D eigenvalue weighted by Crippen LogP contribution is -2.21. The zero-order valence-electron chi connectivity index (χ0n) is 13.6. The summed E-state index contributed by atoms with van der Waals surface area (Å²) in [5.74, 6) is 0. The second-order valence-corrected chi connectivity index (χ2v) is 6.93. The standard InChI is InChI=1S/C16H14F3N5O2S/c17-16(18,19)15-9-14(10-1-3-11(20)4-2-10)24(22-15)13-7-5-12(6-8-13)23-27(21,25)26/h1-9,23H,20H2,(H2,21,25,26). The summed E-state index contributed by atoms with van der Waals surface area (Å²) < 4.78 is 64.7. The summed E-state index contributed by atoms with van der Waals surface area (Å²) in [7, 11) is -3.96.